The highest BCUT2D eigenvalue weighted by Gasteiger charge is 2.21. The summed E-state index contributed by atoms with van der Waals surface area (Å²) in [7, 11) is 0. The van der Waals surface area contributed by atoms with Crippen molar-refractivity contribution in [3.05, 3.63) is 0 Å². The molecule has 3 nitrogen and oxygen atoms in total. The van der Waals surface area contributed by atoms with E-state index in [1.807, 2.05) is 13.8 Å². The monoisotopic (exact) mass is 185 g/mol. The molecular weight excluding hydrogens is 162 g/mol. The van der Waals surface area contributed by atoms with E-state index in [1.54, 1.807) is 0 Å². The van der Waals surface area contributed by atoms with Gasteiger partial charge < -0.3 is 10.6 Å². The van der Waals surface area contributed by atoms with Crippen molar-refractivity contribution in [1.29, 1.82) is 5.41 Å². The van der Waals surface area contributed by atoms with Gasteiger partial charge in [0, 0.05) is 5.41 Å². The van der Waals surface area contributed by atoms with Crippen LogP contribution in [0.4, 0.5) is 0 Å². The summed E-state index contributed by atoms with van der Waals surface area (Å²) in [5, 5.41) is 7.41. The van der Waals surface area contributed by atoms with Crippen molar-refractivity contribution in [3.63, 3.8) is 0 Å². The van der Waals surface area contributed by atoms with Crippen LogP contribution in [0.3, 0.4) is 0 Å². The molecule has 0 aromatic carbocycles. The van der Waals surface area contributed by atoms with Crippen LogP contribution in [0, 0.1) is 10.8 Å². The SMILES string of the molecule is CCN(CC)CCC(C)(C)C(=N)N. The molecule has 0 rings (SSSR count). The van der Waals surface area contributed by atoms with Gasteiger partial charge in [0.2, 0.25) is 0 Å². The molecule has 0 unspecified atom stereocenters. The van der Waals surface area contributed by atoms with Crippen LogP contribution in [0.25, 0.3) is 0 Å². The maximum Gasteiger partial charge on any atom is 0.0963 e. The highest BCUT2D eigenvalue weighted by atomic mass is 15.1. The van der Waals surface area contributed by atoms with Gasteiger partial charge in [0.15, 0.2) is 0 Å². The number of rotatable bonds is 6. The largest absolute Gasteiger partial charge is 0.387 e. The first kappa shape index (κ1) is 12.4. The van der Waals surface area contributed by atoms with E-state index in [9.17, 15) is 0 Å². The molecule has 0 saturated carbocycles. The number of amidine groups is 1. The van der Waals surface area contributed by atoms with Crippen molar-refractivity contribution in [1.82, 2.24) is 4.90 Å². The highest BCUT2D eigenvalue weighted by Crippen LogP contribution is 2.19. The normalized spacial score (nSPS) is 12.1. The zero-order valence-corrected chi connectivity index (χ0v) is 9.35. The van der Waals surface area contributed by atoms with Crippen LogP contribution in [0.5, 0.6) is 0 Å². The lowest BCUT2D eigenvalue weighted by molar-refractivity contribution is 0.267. The second kappa shape index (κ2) is 5.22. The second-order valence-electron chi connectivity index (χ2n) is 4.07. The molecule has 0 spiro atoms. The third kappa shape index (κ3) is 4.27. The van der Waals surface area contributed by atoms with Gasteiger partial charge >= 0.3 is 0 Å². The Morgan fingerprint density at radius 1 is 1.31 bits per heavy atom. The van der Waals surface area contributed by atoms with Gasteiger partial charge in [-0.3, -0.25) is 5.41 Å². The van der Waals surface area contributed by atoms with Crippen molar-refractivity contribution in [3.8, 4) is 0 Å². The molecule has 0 atom stereocenters. The van der Waals surface area contributed by atoms with Gasteiger partial charge in [-0.2, -0.15) is 0 Å². The molecule has 3 heteroatoms. The first-order chi connectivity index (χ1) is 5.94. The molecule has 0 bridgehead atoms. The number of hydrogen-bond donors (Lipinski definition) is 2. The molecule has 3 N–H and O–H groups in total. The molecule has 0 aliphatic rings. The van der Waals surface area contributed by atoms with Gasteiger partial charge in [-0.15, -0.1) is 0 Å². The summed E-state index contributed by atoms with van der Waals surface area (Å²) in [6.07, 6.45) is 0.962. The summed E-state index contributed by atoms with van der Waals surface area (Å²) in [6.45, 7) is 11.5. The summed E-state index contributed by atoms with van der Waals surface area (Å²) >= 11 is 0. The number of nitrogens with two attached hydrogens (primary N) is 1. The Morgan fingerprint density at radius 3 is 2.08 bits per heavy atom. The lowest BCUT2D eigenvalue weighted by Gasteiger charge is -2.27. The van der Waals surface area contributed by atoms with Crippen LogP contribution < -0.4 is 5.73 Å². The van der Waals surface area contributed by atoms with Gasteiger partial charge in [-0.25, -0.2) is 0 Å². The number of nitrogens with one attached hydrogen (secondary N) is 1. The molecular formula is C10H23N3. The molecule has 13 heavy (non-hydrogen) atoms. The number of hydrogen-bond acceptors (Lipinski definition) is 2. The van der Waals surface area contributed by atoms with Gasteiger partial charge in [-0.1, -0.05) is 27.7 Å². The van der Waals surface area contributed by atoms with Crippen LogP contribution in [-0.2, 0) is 0 Å². The smallest absolute Gasteiger partial charge is 0.0963 e. The maximum atomic E-state index is 7.41. The first-order valence-corrected chi connectivity index (χ1v) is 5.01. The first-order valence-electron chi connectivity index (χ1n) is 5.01. The van der Waals surface area contributed by atoms with Crippen molar-refractivity contribution in [2.75, 3.05) is 19.6 Å². The van der Waals surface area contributed by atoms with Crippen molar-refractivity contribution in [2.45, 2.75) is 34.1 Å². The third-order valence-electron chi connectivity index (χ3n) is 2.68. The van der Waals surface area contributed by atoms with Crippen LogP contribution in [0.15, 0.2) is 0 Å². The summed E-state index contributed by atoms with van der Waals surface area (Å²) in [5.41, 5.74) is 5.35. The van der Waals surface area contributed by atoms with E-state index in [1.165, 1.54) is 0 Å². The maximum absolute atomic E-state index is 7.41. The average Bonchev–Trinajstić information content (AvgIpc) is 2.06. The van der Waals surface area contributed by atoms with Crippen LogP contribution >= 0.6 is 0 Å². The van der Waals surface area contributed by atoms with Gasteiger partial charge in [0.05, 0.1) is 5.84 Å². The molecule has 0 aliphatic heterocycles. The van der Waals surface area contributed by atoms with E-state index in [0.717, 1.165) is 26.1 Å². The molecule has 0 saturated heterocycles. The van der Waals surface area contributed by atoms with Gasteiger partial charge in [0.1, 0.15) is 0 Å². The minimum atomic E-state index is -0.150. The van der Waals surface area contributed by atoms with Crippen LogP contribution in [-0.4, -0.2) is 30.4 Å². The van der Waals surface area contributed by atoms with E-state index < -0.39 is 0 Å². The van der Waals surface area contributed by atoms with E-state index in [2.05, 4.69) is 18.7 Å². The quantitative estimate of drug-likeness (QED) is 0.488. The average molecular weight is 185 g/mol. The summed E-state index contributed by atoms with van der Waals surface area (Å²) in [6, 6.07) is 0. The van der Waals surface area contributed by atoms with E-state index >= 15 is 0 Å². The minimum absolute atomic E-state index is 0.150. The van der Waals surface area contributed by atoms with E-state index in [-0.39, 0.29) is 5.41 Å². The Balaban J connectivity index is 3.92. The zero-order valence-electron chi connectivity index (χ0n) is 9.35. The lowest BCUT2D eigenvalue weighted by Crippen LogP contribution is -2.35. The molecule has 0 amide bonds. The van der Waals surface area contributed by atoms with E-state index in [4.69, 9.17) is 11.1 Å². The number of nitrogens with zero attached hydrogens (tertiary/aromatic N) is 1. The second-order valence-corrected chi connectivity index (χ2v) is 4.07. The zero-order chi connectivity index (χ0) is 10.5. The Labute approximate surface area is 81.8 Å². The Kier molecular flexibility index (Phi) is 4.99. The third-order valence-corrected chi connectivity index (χ3v) is 2.68. The van der Waals surface area contributed by atoms with Crippen molar-refractivity contribution >= 4 is 5.84 Å². The lowest BCUT2D eigenvalue weighted by atomic mass is 9.88. The topological polar surface area (TPSA) is 53.1 Å². The van der Waals surface area contributed by atoms with Gasteiger partial charge in [0.25, 0.3) is 0 Å². The van der Waals surface area contributed by atoms with Crippen LogP contribution in [0.1, 0.15) is 34.1 Å². The fourth-order valence-electron chi connectivity index (χ4n) is 1.11. The summed E-state index contributed by atoms with van der Waals surface area (Å²) in [4.78, 5) is 2.35. The standard InChI is InChI=1S/C10H23N3/c1-5-13(6-2)8-7-10(3,4)9(11)12/h5-8H2,1-4H3,(H3,11,12). The molecule has 0 heterocycles. The van der Waals surface area contributed by atoms with E-state index in [0.29, 0.717) is 5.84 Å². The van der Waals surface area contributed by atoms with Crippen molar-refractivity contribution < 1.29 is 0 Å². The Morgan fingerprint density at radius 2 is 1.77 bits per heavy atom. The Bertz CT molecular complexity index is 160. The fraction of sp³-hybridized carbons (Fsp3) is 0.900. The van der Waals surface area contributed by atoms with Crippen LogP contribution in [0.2, 0.25) is 0 Å². The molecule has 0 aliphatic carbocycles. The fourth-order valence-corrected chi connectivity index (χ4v) is 1.11. The summed E-state index contributed by atoms with van der Waals surface area (Å²) in [5.74, 6) is 0.291. The minimum Gasteiger partial charge on any atom is -0.387 e. The molecule has 0 aromatic rings. The predicted molar refractivity (Wildman–Crippen MR) is 58.1 cm³/mol. The molecule has 0 radical (unpaired) electrons. The molecule has 0 fully saturated rings. The highest BCUT2D eigenvalue weighted by molar-refractivity contribution is 5.82. The summed E-state index contributed by atoms with van der Waals surface area (Å²) < 4.78 is 0. The molecule has 0 aromatic heterocycles. The predicted octanol–water partition coefficient (Wildman–Crippen LogP) is 1.68. The van der Waals surface area contributed by atoms with Gasteiger partial charge in [-0.05, 0) is 26.1 Å². The molecule has 78 valence electrons. The van der Waals surface area contributed by atoms with Crippen molar-refractivity contribution in [2.24, 2.45) is 11.1 Å². The Hall–Kier alpha value is -0.570.